The number of cyclic esters (lactones) is 3. The van der Waals surface area contributed by atoms with Crippen molar-refractivity contribution in [1.29, 1.82) is 0 Å². The summed E-state index contributed by atoms with van der Waals surface area (Å²) in [7, 11) is 0. The fraction of sp³-hybridized carbons (Fsp3) is 0.816. The first-order valence-corrected chi connectivity index (χ1v) is 20.0. The molecule has 14 nitrogen and oxygen atoms in total. The van der Waals surface area contributed by atoms with Crippen molar-refractivity contribution in [2.75, 3.05) is 12.3 Å². The van der Waals surface area contributed by atoms with Crippen molar-refractivity contribution in [3.8, 4) is 0 Å². The fourth-order valence-corrected chi connectivity index (χ4v) is 5.81. The molecule has 0 spiro atoms. The Morgan fingerprint density at radius 2 is 1.08 bits per heavy atom. The molecule has 1 rings (SSSR count). The van der Waals surface area contributed by atoms with Gasteiger partial charge in [0.15, 0.2) is 18.3 Å². The van der Waals surface area contributed by atoms with E-state index in [1.54, 1.807) is 41.5 Å². The monoisotopic (exact) mass is 770 g/mol. The van der Waals surface area contributed by atoms with Gasteiger partial charge in [-0.05, 0) is 69.5 Å². The summed E-state index contributed by atoms with van der Waals surface area (Å²) in [6.07, 6.45) is 6.29. The van der Waals surface area contributed by atoms with Crippen LogP contribution in [-0.4, -0.2) is 90.3 Å². The minimum atomic E-state index is -1.36. The molecule has 1 fully saturated rings. The first-order valence-electron chi connectivity index (χ1n) is 19.4. The van der Waals surface area contributed by atoms with E-state index in [2.05, 4.69) is 33.9 Å². The number of hydrogen-bond acceptors (Lipinski definition) is 11. The molecular formula is C38H66N4O10S. The first kappa shape index (κ1) is 47.7. The maximum absolute atomic E-state index is 13.6. The predicted octanol–water partition coefficient (Wildman–Crippen LogP) is 3.92. The summed E-state index contributed by atoms with van der Waals surface area (Å²) < 4.78 is 16.4. The zero-order valence-electron chi connectivity index (χ0n) is 33.1. The number of carbonyl (C=O) groups is 7. The average Bonchev–Trinajstić information content (AvgIpc) is 3.08. The van der Waals surface area contributed by atoms with E-state index in [-0.39, 0.29) is 12.3 Å². The Kier molecular flexibility index (Phi) is 23.0. The summed E-state index contributed by atoms with van der Waals surface area (Å²) in [5.41, 5.74) is 0. The molecule has 0 aromatic carbocycles. The number of thiol groups is 1. The van der Waals surface area contributed by atoms with Crippen LogP contribution < -0.4 is 21.3 Å². The zero-order chi connectivity index (χ0) is 40.1. The molecule has 0 aliphatic carbocycles. The number of hydrogen-bond donors (Lipinski definition) is 5. The quantitative estimate of drug-likeness (QED) is 0.0590. The van der Waals surface area contributed by atoms with Gasteiger partial charge >= 0.3 is 17.9 Å². The molecule has 304 valence electrons. The lowest BCUT2D eigenvalue weighted by Gasteiger charge is -2.29. The highest BCUT2D eigenvalue weighted by molar-refractivity contribution is 7.80. The van der Waals surface area contributed by atoms with E-state index >= 15 is 0 Å². The summed E-state index contributed by atoms with van der Waals surface area (Å²) in [6.45, 7) is 13.0. The van der Waals surface area contributed by atoms with Crippen molar-refractivity contribution in [1.82, 2.24) is 21.3 Å². The van der Waals surface area contributed by atoms with E-state index in [0.717, 1.165) is 31.4 Å². The maximum atomic E-state index is 13.6. The van der Waals surface area contributed by atoms with Gasteiger partial charge in [-0.1, -0.05) is 80.1 Å². The lowest BCUT2D eigenvalue weighted by molar-refractivity contribution is -0.166. The summed E-state index contributed by atoms with van der Waals surface area (Å²) in [5, 5.41) is 10.6. The molecule has 6 atom stereocenters. The normalized spacial score (nSPS) is 24.1. The Labute approximate surface area is 321 Å². The number of carbonyl (C=O) groups excluding carboxylic acids is 7. The van der Waals surface area contributed by atoms with Gasteiger partial charge in [-0.25, -0.2) is 14.4 Å². The zero-order valence-corrected chi connectivity index (χ0v) is 34.0. The van der Waals surface area contributed by atoms with Crippen molar-refractivity contribution in [2.24, 2.45) is 17.8 Å². The van der Waals surface area contributed by atoms with Crippen LogP contribution in [0.1, 0.15) is 132 Å². The summed E-state index contributed by atoms with van der Waals surface area (Å²) in [6, 6.07) is -3.59. The lowest BCUT2D eigenvalue weighted by atomic mass is 10.0. The van der Waals surface area contributed by atoms with Crippen molar-refractivity contribution < 1.29 is 47.8 Å². The molecule has 0 radical (unpaired) electrons. The van der Waals surface area contributed by atoms with Gasteiger partial charge in [0.2, 0.25) is 5.91 Å². The molecule has 4 amide bonds. The predicted molar refractivity (Wildman–Crippen MR) is 204 cm³/mol. The standard InChI is InChI=1S/C38H66N4O10S/c1-23(2)30-37(48)50-26(7)33(44)40-28(19-16-17-21-39-29(43)20-15-13-11-9-10-12-14-18-22-53)36(47)52-32(25(5)6)35(46)42-31(24(3)4)38(49)51-27(8)34(45)41-30/h23-28,30-32,53H,9-22H2,1-8H3,(H,39,43)(H,40,44)(H,41,45)(H,42,46). The molecular weight excluding hydrogens is 705 g/mol. The Morgan fingerprint density at radius 3 is 1.57 bits per heavy atom. The molecule has 1 saturated heterocycles. The highest BCUT2D eigenvalue weighted by Gasteiger charge is 2.37. The van der Waals surface area contributed by atoms with Crippen LogP contribution in [0.2, 0.25) is 0 Å². The molecule has 0 bridgehead atoms. The van der Waals surface area contributed by atoms with Crippen LogP contribution in [0.4, 0.5) is 0 Å². The van der Waals surface area contributed by atoms with Crippen LogP contribution in [0.25, 0.3) is 0 Å². The molecule has 0 saturated carbocycles. The average molecular weight is 771 g/mol. The third-order valence-electron chi connectivity index (χ3n) is 9.02. The summed E-state index contributed by atoms with van der Waals surface area (Å²) >= 11 is 4.23. The van der Waals surface area contributed by atoms with Crippen molar-refractivity contribution in [3.63, 3.8) is 0 Å². The number of nitrogens with one attached hydrogen (secondary N) is 4. The van der Waals surface area contributed by atoms with E-state index in [9.17, 15) is 33.6 Å². The lowest BCUT2D eigenvalue weighted by Crippen LogP contribution is -2.55. The van der Waals surface area contributed by atoms with Gasteiger partial charge in [0.05, 0.1) is 0 Å². The third-order valence-corrected chi connectivity index (χ3v) is 9.34. The minimum Gasteiger partial charge on any atom is -0.451 e. The van der Waals surface area contributed by atoms with Gasteiger partial charge in [0, 0.05) is 13.0 Å². The number of amides is 4. The van der Waals surface area contributed by atoms with Crippen LogP contribution in [0.3, 0.4) is 0 Å². The van der Waals surface area contributed by atoms with Gasteiger partial charge in [0.25, 0.3) is 17.7 Å². The second kappa shape index (κ2) is 25.6. The van der Waals surface area contributed by atoms with E-state index in [4.69, 9.17) is 14.2 Å². The van der Waals surface area contributed by atoms with Crippen molar-refractivity contribution in [3.05, 3.63) is 0 Å². The molecule has 6 unspecified atom stereocenters. The fourth-order valence-electron chi connectivity index (χ4n) is 5.59. The largest absolute Gasteiger partial charge is 0.451 e. The first-order chi connectivity index (χ1) is 25.0. The molecule has 53 heavy (non-hydrogen) atoms. The third kappa shape index (κ3) is 18.5. The summed E-state index contributed by atoms with van der Waals surface area (Å²) in [5.74, 6) is -5.53. The van der Waals surface area contributed by atoms with Crippen molar-refractivity contribution in [2.45, 2.75) is 169 Å². The molecule has 4 N–H and O–H groups in total. The highest BCUT2D eigenvalue weighted by atomic mass is 32.1. The Bertz CT molecular complexity index is 1200. The second-order valence-electron chi connectivity index (χ2n) is 14.9. The van der Waals surface area contributed by atoms with Crippen LogP contribution in [-0.2, 0) is 47.8 Å². The molecule has 1 aliphatic heterocycles. The van der Waals surface area contributed by atoms with Gasteiger partial charge in [0.1, 0.15) is 18.1 Å². The van der Waals surface area contributed by atoms with E-state index in [1.807, 2.05) is 0 Å². The minimum absolute atomic E-state index is 0.0435. The SMILES string of the molecule is CC1OC(=O)C(C(C)C)NC(=O)C(C)OC(=O)C(C(C)C)NC(=O)C(C(C)C)OC(=O)C(CCCCNC(=O)CCCCCCCCCCS)NC1=O. The Morgan fingerprint density at radius 1 is 0.604 bits per heavy atom. The number of rotatable bonds is 18. The number of esters is 3. The van der Waals surface area contributed by atoms with Gasteiger partial charge in [-0.15, -0.1) is 0 Å². The van der Waals surface area contributed by atoms with Crippen LogP contribution >= 0.6 is 12.6 Å². The van der Waals surface area contributed by atoms with Crippen molar-refractivity contribution >= 4 is 54.2 Å². The molecule has 0 aromatic rings. The molecule has 1 heterocycles. The van der Waals surface area contributed by atoms with Gasteiger partial charge in [-0.3, -0.25) is 19.2 Å². The van der Waals surface area contributed by atoms with E-state index in [1.165, 1.54) is 39.5 Å². The van der Waals surface area contributed by atoms with Crippen LogP contribution in [0, 0.1) is 17.8 Å². The van der Waals surface area contributed by atoms with E-state index < -0.39 is 89.8 Å². The highest BCUT2D eigenvalue weighted by Crippen LogP contribution is 2.16. The van der Waals surface area contributed by atoms with Crippen LogP contribution in [0.15, 0.2) is 0 Å². The number of unbranched alkanes of at least 4 members (excludes halogenated alkanes) is 8. The topological polar surface area (TPSA) is 195 Å². The number of ether oxygens (including phenoxy) is 3. The molecule has 15 heteroatoms. The van der Waals surface area contributed by atoms with E-state index in [0.29, 0.717) is 25.8 Å². The Hall–Kier alpha value is -3.36. The second-order valence-corrected chi connectivity index (χ2v) is 15.4. The van der Waals surface area contributed by atoms with Gasteiger partial charge < -0.3 is 35.5 Å². The smallest absolute Gasteiger partial charge is 0.329 e. The summed E-state index contributed by atoms with van der Waals surface area (Å²) in [4.78, 5) is 91.9. The van der Waals surface area contributed by atoms with Crippen LogP contribution in [0.5, 0.6) is 0 Å². The molecule has 1 aliphatic rings. The Balaban J connectivity index is 3.03. The van der Waals surface area contributed by atoms with Gasteiger partial charge in [-0.2, -0.15) is 12.6 Å². The maximum Gasteiger partial charge on any atom is 0.329 e. The molecule has 0 aromatic heterocycles.